The number of anilines is 1. The molecule has 0 bridgehead atoms. The molecule has 0 fully saturated rings. The second-order valence-electron chi connectivity index (χ2n) is 4.65. The van der Waals surface area contributed by atoms with Gasteiger partial charge in [0.25, 0.3) is 0 Å². The van der Waals surface area contributed by atoms with Gasteiger partial charge in [0.1, 0.15) is 0 Å². The minimum atomic E-state index is -4.18. The summed E-state index contributed by atoms with van der Waals surface area (Å²) in [4.78, 5) is 0.587. The van der Waals surface area contributed by atoms with Crippen molar-refractivity contribution in [1.29, 1.82) is 0 Å². The van der Waals surface area contributed by atoms with Gasteiger partial charge in [0.15, 0.2) is 0 Å². The lowest BCUT2D eigenvalue weighted by molar-refractivity contribution is -0.105. The smallest absolute Gasteiger partial charge is 0.376 e. The van der Waals surface area contributed by atoms with Crippen LogP contribution >= 0.6 is 11.8 Å². The molecule has 7 heteroatoms. The number of nitrogens with zero attached hydrogens (tertiary/aromatic N) is 2. The molecular weight excluding hydrogens is 299 g/mol. The Morgan fingerprint density at radius 2 is 2.00 bits per heavy atom. The van der Waals surface area contributed by atoms with Gasteiger partial charge in [-0.05, 0) is 25.1 Å². The summed E-state index contributed by atoms with van der Waals surface area (Å²) in [6, 6.07) is 8.84. The molecule has 2 rings (SSSR count). The molecule has 0 aliphatic carbocycles. The summed E-state index contributed by atoms with van der Waals surface area (Å²) < 4.78 is 38.8. The van der Waals surface area contributed by atoms with E-state index in [-0.39, 0.29) is 6.04 Å². The number of rotatable bonds is 5. The highest BCUT2D eigenvalue weighted by Gasteiger charge is 2.27. The van der Waals surface area contributed by atoms with Crippen LogP contribution in [0.25, 0.3) is 0 Å². The van der Waals surface area contributed by atoms with E-state index in [4.69, 9.17) is 0 Å². The Morgan fingerprint density at radius 1 is 1.29 bits per heavy atom. The number of hydrogen-bond donors (Lipinski definition) is 1. The van der Waals surface area contributed by atoms with Crippen LogP contribution in [0, 0.1) is 0 Å². The number of para-hydroxylation sites is 1. The number of benzene rings is 1. The number of nitrogens with one attached hydrogen (secondary N) is 1. The minimum absolute atomic E-state index is 0.0508. The van der Waals surface area contributed by atoms with Crippen molar-refractivity contribution in [3.05, 3.63) is 42.2 Å². The molecule has 0 saturated heterocycles. The highest BCUT2D eigenvalue weighted by atomic mass is 32.2. The van der Waals surface area contributed by atoms with Crippen molar-refractivity contribution in [3.8, 4) is 0 Å². The Balaban J connectivity index is 2.11. The topological polar surface area (TPSA) is 29.9 Å². The fourth-order valence-corrected chi connectivity index (χ4v) is 2.76. The first-order valence-corrected chi connectivity index (χ1v) is 7.38. The molecule has 2 aromatic rings. The Hall–Kier alpha value is -1.63. The van der Waals surface area contributed by atoms with E-state index in [0.717, 1.165) is 17.5 Å². The Morgan fingerprint density at radius 3 is 2.62 bits per heavy atom. The Bertz CT molecular complexity index is 595. The monoisotopic (exact) mass is 315 g/mol. The molecule has 3 nitrogen and oxygen atoms in total. The Labute approximate surface area is 125 Å². The summed E-state index contributed by atoms with van der Waals surface area (Å²) in [5.74, 6) is -0.897. The van der Waals surface area contributed by atoms with E-state index in [9.17, 15) is 13.2 Å². The maximum absolute atomic E-state index is 12.4. The van der Waals surface area contributed by atoms with E-state index in [1.807, 2.05) is 20.0 Å². The molecule has 0 spiro atoms. The number of halogens is 3. The molecule has 1 atom stereocenters. The third-order valence-corrected chi connectivity index (χ3v) is 4.09. The minimum Gasteiger partial charge on any atom is -0.376 e. The summed E-state index contributed by atoms with van der Waals surface area (Å²) in [5, 5.41) is 7.33. The van der Waals surface area contributed by atoms with Crippen LogP contribution in [-0.2, 0) is 7.05 Å². The standard InChI is InChI=1S/C14H16F3N3S/c1-10(12-7-8-18-20(12)2)19-11-5-3-4-6-13(11)21-9-14(15,16)17/h3-8,10,19H,9H2,1-2H3. The molecule has 114 valence electrons. The molecular formula is C14H16F3N3S. The number of aromatic nitrogens is 2. The van der Waals surface area contributed by atoms with Crippen molar-refractivity contribution in [1.82, 2.24) is 9.78 Å². The second-order valence-corrected chi connectivity index (χ2v) is 5.66. The lowest BCUT2D eigenvalue weighted by atomic mass is 10.2. The van der Waals surface area contributed by atoms with Gasteiger partial charge in [0, 0.05) is 23.8 Å². The number of hydrogen-bond acceptors (Lipinski definition) is 3. The van der Waals surface area contributed by atoms with Crippen molar-refractivity contribution < 1.29 is 13.2 Å². The highest BCUT2D eigenvalue weighted by molar-refractivity contribution is 7.99. The van der Waals surface area contributed by atoms with Crippen LogP contribution in [0.1, 0.15) is 18.7 Å². The third kappa shape index (κ3) is 4.42. The van der Waals surface area contributed by atoms with Crippen LogP contribution in [0.15, 0.2) is 41.4 Å². The van der Waals surface area contributed by atoms with Crippen molar-refractivity contribution in [2.75, 3.05) is 11.1 Å². The van der Waals surface area contributed by atoms with Gasteiger partial charge < -0.3 is 5.32 Å². The molecule has 1 aromatic heterocycles. The average Bonchev–Trinajstić information content (AvgIpc) is 2.83. The molecule has 1 N–H and O–H groups in total. The van der Waals surface area contributed by atoms with Gasteiger partial charge in [0.05, 0.1) is 17.5 Å². The van der Waals surface area contributed by atoms with Crippen molar-refractivity contribution in [2.45, 2.75) is 24.0 Å². The number of aryl methyl sites for hydroxylation is 1. The highest BCUT2D eigenvalue weighted by Crippen LogP contribution is 2.33. The van der Waals surface area contributed by atoms with E-state index >= 15 is 0 Å². The zero-order valence-corrected chi connectivity index (χ0v) is 12.5. The van der Waals surface area contributed by atoms with E-state index in [0.29, 0.717) is 10.6 Å². The van der Waals surface area contributed by atoms with E-state index in [2.05, 4.69) is 10.4 Å². The van der Waals surface area contributed by atoms with Crippen LogP contribution in [0.4, 0.5) is 18.9 Å². The van der Waals surface area contributed by atoms with Gasteiger partial charge in [-0.2, -0.15) is 18.3 Å². The number of alkyl halides is 3. The van der Waals surface area contributed by atoms with E-state index in [1.165, 1.54) is 0 Å². The molecule has 0 aliphatic heterocycles. The molecule has 21 heavy (non-hydrogen) atoms. The van der Waals surface area contributed by atoms with Crippen molar-refractivity contribution >= 4 is 17.4 Å². The van der Waals surface area contributed by atoms with Gasteiger partial charge in [-0.1, -0.05) is 12.1 Å². The molecule has 0 aliphatic rings. The average molecular weight is 315 g/mol. The summed E-state index contributed by atoms with van der Waals surface area (Å²) in [6.45, 7) is 1.95. The molecule has 1 unspecified atom stereocenters. The van der Waals surface area contributed by atoms with Crippen LogP contribution in [0.2, 0.25) is 0 Å². The van der Waals surface area contributed by atoms with Crippen LogP contribution in [-0.4, -0.2) is 21.7 Å². The fourth-order valence-electron chi connectivity index (χ4n) is 1.99. The first kappa shape index (κ1) is 15.8. The normalized spacial score (nSPS) is 13.2. The van der Waals surface area contributed by atoms with Crippen LogP contribution in [0.3, 0.4) is 0 Å². The molecule has 1 heterocycles. The van der Waals surface area contributed by atoms with Gasteiger partial charge in [0.2, 0.25) is 0 Å². The zero-order chi connectivity index (χ0) is 15.5. The maximum atomic E-state index is 12.4. The quantitative estimate of drug-likeness (QED) is 0.837. The summed E-state index contributed by atoms with van der Waals surface area (Å²) in [7, 11) is 1.83. The van der Waals surface area contributed by atoms with Gasteiger partial charge >= 0.3 is 6.18 Å². The molecule has 0 saturated carbocycles. The third-order valence-electron chi connectivity index (χ3n) is 2.95. The van der Waals surface area contributed by atoms with Crippen LogP contribution in [0.5, 0.6) is 0 Å². The van der Waals surface area contributed by atoms with Crippen LogP contribution < -0.4 is 5.32 Å². The van der Waals surface area contributed by atoms with Crippen molar-refractivity contribution in [2.24, 2.45) is 7.05 Å². The summed E-state index contributed by atoms with van der Waals surface area (Å²) in [6.07, 6.45) is -2.48. The van der Waals surface area contributed by atoms with Gasteiger partial charge in [-0.25, -0.2) is 0 Å². The van der Waals surface area contributed by atoms with Gasteiger partial charge in [-0.15, -0.1) is 11.8 Å². The first-order valence-electron chi connectivity index (χ1n) is 6.40. The van der Waals surface area contributed by atoms with E-state index < -0.39 is 11.9 Å². The SMILES string of the molecule is CC(Nc1ccccc1SCC(F)(F)F)c1ccnn1C. The predicted octanol–water partition coefficient (Wildman–Crippen LogP) is 4.25. The molecule has 0 radical (unpaired) electrons. The van der Waals surface area contributed by atoms with Gasteiger partial charge in [-0.3, -0.25) is 4.68 Å². The largest absolute Gasteiger partial charge is 0.398 e. The summed E-state index contributed by atoms with van der Waals surface area (Å²) in [5.41, 5.74) is 1.66. The molecule has 0 amide bonds. The predicted molar refractivity (Wildman–Crippen MR) is 78.5 cm³/mol. The molecule has 1 aromatic carbocycles. The van der Waals surface area contributed by atoms with E-state index in [1.54, 1.807) is 35.1 Å². The maximum Gasteiger partial charge on any atom is 0.398 e. The fraction of sp³-hybridized carbons (Fsp3) is 0.357. The number of thioether (sulfide) groups is 1. The first-order chi connectivity index (χ1) is 9.87. The second kappa shape index (κ2) is 6.43. The zero-order valence-electron chi connectivity index (χ0n) is 11.7. The van der Waals surface area contributed by atoms with Crippen molar-refractivity contribution in [3.63, 3.8) is 0 Å². The lowest BCUT2D eigenvalue weighted by Crippen LogP contribution is -2.13. The Kier molecular flexibility index (Phi) is 4.82. The lowest BCUT2D eigenvalue weighted by Gasteiger charge is -2.18. The summed E-state index contributed by atoms with van der Waals surface area (Å²) >= 11 is 0.787.